The van der Waals surface area contributed by atoms with Crippen molar-refractivity contribution in [3.63, 3.8) is 0 Å². The number of aromatic nitrogens is 2. The number of pyridine rings is 1. The van der Waals surface area contributed by atoms with E-state index >= 15 is 0 Å². The number of aryl methyl sites for hydroxylation is 1. The minimum atomic E-state index is -1.04. The van der Waals surface area contributed by atoms with Crippen molar-refractivity contribution in [1.82, 2.24) is 9.38 Å². The Morgan fingerprint density at radius 1 is 1.20 bits per heavy atom. The van der Waals surface area contributed by atoms with Crippen LogP contribution in [-0.2, 0) is 6.42 Å². The van der Waals surface area contributed by atoms with Gasteiger partial charge in [-0.25, -0.2) is 14.2 Å². The fourth-order valence-electron chi connectivity index (χ4n) is 2.61. The number of carboxylic acid groups (broad SMARTS) is 1. The van der Waals surface area contributed by atoms with E-state index in [1.165, 1.54) is 47.0 Å². The van der Waals surface area contributed by atoms with Crippen LogP contribution in [0.2, 0.25) is 0 Å². The molecule has 128 valence electrons. The Bertz CT molecular complexity index is 948. The van der Waals surface area contributed by atoms with Crippen molar-refractivity contribution < 1.29 is 19.1 Å². The van der Waals surface area contributed by atoms with Crippen LogP contribution in [0.3, 0.4) is 0 Å². The van der Waals surface area contributed by atoms with E-state index in [2.05, 4.69) is 10.3 Å². The van der Waals surface area contributed by atoms with Crippen LogP contribution in [0.15, 0.2) is 42.6 Å². The summed E-state index contributed by atoms with van der Waals surface area (Å²) in [4.78, 5) is 28.0. The third-order valence-electron chi connectivity index (χ3n) is 3.75. The fraction of sp³-hybridized carbons (Fsp3) is 0.167. The second-order valence-corrected chi connectivity index (χ2v) is 5.57. The summed E-state index contributed by atoms with van der Waals surface area (Å²) in [5, 5.41) is 11.6. The zero-order valence-electron chi connectivity index (χ0n) is 13.5. The highest BCUT2D eigenvalue weighted by Crippen LogP contribution is 2.18. The Hall–Kier alpha value is -3.22. The van der Waals surface area contributed by atoms with Crippen molar-refractivity contribution in [2.24, 2.45) is 0 Å². The van der Waals surface area contributed by atoms with Gasteiger partial charge in [0.25, 0.3) is 5.91 Å². The van der Waals surface area contributed by atoms with Crippen LogP contribution < -0.4 is 5.32 Å². The number of carbonyl (C=O) groups is 2. The van der Waals surface area contributed by atoms with Crippen LogP contribution in [0, 0.1) is 5.82 Å². The zero-order valence-corrected chi connectivity index (χ0v) is 13.5. The molecule has 0 aliphatic carbocycles. The number of hydrogen-bond donors (Lipinski definition) is 2. The molecule has 6 nitrogen and oxygen atoms in total. The summed E-state index contributed by atoms with van der Waals surface area (Å²) in [7, 11) is 0. The van der Waals surface area contributed by atoms with Crippen molar-refractivity contribution in [3.8, 4) is 0 Å². The number of aromatic carboxylic acids is 1. The number of fused-ring (bicyclic) bond motifs is 1. The number of rotatable bonds is 5. The molecule has 0 bridgehead atoms. The summed E-state index contributed by atoms with van der Waals surface area (Å²) >= 11 is 0. The topological polar surface area (TPSA) is 83.7 Å². The van der Waals surface area contributed by atoms with Gasteiger partial charge in [-0.15, -0.1) is 0 Å². The predicted octanol–water partition coefficient (Wildman–Crippen LogP) is 3.38. The average molecular weight is 341 g/mol. The molecule has 0 saturated carbocycles. The number of amides is 1. The highest BCUT2D eigenvalue weighted by Gasteiger charge is 2.19. The number of nitrogens with one attached hydrogen (secondary N) is 1. The van der Waals surface area contributed by atoms with Gasteiger partial charge in [0.15, 0.2) is 0 Å². The van der Waals surface area contributed by atoms with Gasteiger partial charge in [0.2, 0.25) is 0 Å². The standard InChI is InChI=1S/C18H16FN3O3/c1-2-3-14-16(22-10-12(19)6-9-15(22)21-14)17(23)20-13-7-4-11(5-8-13)18(24)25/h4-10H,2-3H2,1H3,(H,20,23)(H,24,25). The molecule has 25 heavy (non-hydrogen) atoms. The van der Waals surface area contributed by atoms with Crippen molar-refractivity contribution in [3.05, 3.63) is 65.4 Å². The number of hydrogen-bond acceptors (Lipinski definition) is 3. The fourth-order valence-corrected chi connectivity index (χ4v) is 2.61. The van der Waals surface area contributed by atoms with Gasteiger partial charge >= 0.3 is 5.97 Å². The maximum Gasteiger partial charge on any atom is 0.335 e. The first-order valence-electron chi connectivity index (χ1n) is 7.80. The molecule has 2 N–H and O–H groups in total. The SMILES string of the molecule is CCCc1nc2ccc(F)cn2c1C(=O)Nc1ccc(C(=O)O)cc1. The van der Waals surface area contributed by atoms with E-state index in [0.717, 1.165) is 6.42 Å². The summed E-state index contributed by atoms with van der Waals surface area (Å²) < 4.78 is 15.0. The molecule has 0 spiro atoms. The second kappa shape index (κ2) is 6.72. The van der Waals surface area contributed by atoms with Gasteiger partial charge in [-0.2, -0.15) is 0 Å². The Morgan fingerprint density at radius 2 is 1.92 bits per heavy atom. The number of halogens is 1. The van der Waals surface area contributed by atoms with E-state index in [-0.39, 0.29) is 11.3 Å². The molecule has 1 amide bonds. The third kappa shape index (κ3) is 3.35. The van der Waals surface area contributed by atoms with Crippen molar-refractivity contribution >= 4 is 23.2 Å². The normalized spacial score (nSPS) is 10.8. The third-order valence-corrected chi connectivity index (χ3v) is 3.75. The quantitative estimate of drug-likeness (QED) is 0.745. The van der Waals surface area contributed by atoms with Crippen LogP contribution in [0.5, 0.6) is 0 Å². The van der Waals surface area contributed by atoms with Crippen molar-refractivity contribution in [2.75, 3.05) is 5.32 Å². The Kier molecular flexibility index (Phi) is 4.47. The van der Waals surface area contributed by atoms with Crippen LogP contribution in [0.4, 0.5) is 10.1 Å². The minimum absolute atomic E-state index is 0.126. The number of anilines is 1. The lowest BCUT2D eigenvalue weighted by atomic mass is 10.2. The number of nitrogens with zero attached hydrogens (tertiary/aromatic N) is 2. The van der Waals surface area contributed by atoms with E-state index in [1.54, 1.807) is 0 Å². The molecule has 0 fully saturated rings. The lowest BCUT2D eigenvalue weighted by Gasteiger charge is -2.07. The summed E-state index contributed by atoms with van der Waals surface area (Å²) in [6.07, 6.45) is 2.61. The van der Waals surface area contributed by atoms with E-state index in [9.17, 15) is 14.0 Å². The first-order valence-corrected chi connectivity index (χ1v) is 7.80. The van der Waals surface area contributed by atoms with Crippen molar-refractivity contribution in [2.45, 2.75) is 19.8 Å². The molecular formula is C18H16FN3O3. The minimum Gasteiger partial charge on any atom is -0.478 e. The van der Waals surface area contributed by atoms with Gasteiger partial charge < -0.3 is 10.4 Å². The highest BCUT2D eigenvalue weighted by atomic mass is 19.1. The van der Waals surface area contributed by atoms with Crippen LogP contribution in [0.1, 0.15) is 39.9 Å². The summed E-state index contributed by atoms with van der Waals surface area (Å²) in [5.41, 5.74) is 1.94. The molecule has 2 aromatic heterocycles. The Balaban J connectivity index is 1.96. The van der Waals surface area contributed by atoms with Gasteiger partial charge in [0, 0.05) is 11.9 Å². The molecule has 0 radical (unpaired) electrons. The molecule has 7 heteroatoms. The second-order valence-electron chi connectivity index (χ2n) is 5.57. The van der Waals surface area contributed by atoms with Gasteiger partial charge in [0.1, 0.15) is 17.2 Å². The van der Waals surface area contributed by atoms with E-state index in [1.807, 2.05) is 6.92 Å². The van der Waals surface area contributed by atoms with E-state index < -0.39 is 17.7 Å². The molecular weight excluding hydrogens is 325 g/mol. The number of imidazole rings is 1. The van der Waals surface area contributed by atoms with Gasteiger partial charge in [-0.05, 0) is 42.8 Å². The maximum atomic E-state index is 13.6. The number of carboxylic acids is 1. The Labute approximate surface area is 142 Å². The van der Waals surface area contributed by atoms with Crippen LogP contribution >= 0.6 is 0 Å². The first-order chi connectivity index (χ1) is 12.0. The molecule has 3 rings (SSSR count). The molecule has 3 aromatic rings. The summed E-state index contributed by atoms with van der Waals surface area (Å²) in [6, 6.07) is 8.63. The predicted molar refractivity (Wildman–Crippen MR) is 90.5 cm³/mol. The lowest BCUT2D eigenvalue weighted by Crippen LogP contribution is -2.16. The molecule has 0 atom stereocenters. The maximum absolute atomic E-state index is 13.6. The molecule has 0 saturated heterocycles. The van der Waals surface area contributed by atoms with Crippen molar-refractivity contribution in [1.29, 1.82) is 0 Å². The monoisotopic (exact) mass is 341 g/mol. The molecule has 0 unspecified atom stereocenters. The highest BCUT2D eigenvalue weighted by molar-refractivity contribution is 6.04. The van der Waals surface area contributed by atoms with E-state index in [4.69, 9.17) is 5.11 Å². The van der Waals surface area contributed by atoms with Gasteiger partial charge in [0.05, 0.1) is 11.3 Å². The van der Waals surface area contributed by atoms with Crippen LogP contribution in [-0.4, -0.2) is 26.4 Å². The summed E-state index contributed by atoms with van der Waals surface area (Å²) in [6.45, 7) is 1.97. The number of carbonyl (C=O) groups excluding carboxylic acids is 1. The average Bonchev–Trinajstić information content (AvgIpc) is 2.93. The number of benzene rings is 1. The van der Waals surface area contributed by atoms with Gasteiger partial charge in [-0.1, -0.05) is 13.3 Å². The smallest absolute Gasteiger partial charge is 0.335 e. The lowest BCUT2D eigenvalue weighted by molar-refractivity contribution is 0.0696. The zero-order chi connectivity index (χ0) is 18.0. The largest absolute Gasteiger partial charge is 0.478 e. The van der Waals surface area contributed by atoms with Gasteiger partial charge in [-0.3, -0.25) is 9.20 Å². The molecule has 0 aliphatic heterocycles. The first kappa shape index (κ1) is 16.6. The summed E-state index contributed by atoms with van der Waals surface area (Å²) in [5.74, 6) is -1.93. The Morgan fingerprint density at radius 3 is 2.56 bits per heavy atom. The molecule has 2 heterocycles. The van der Waals surface area contributed by atoms with Crippen LogP contribution in [0.25, 0.3) is 5.65 Å². The molecule has 0 aliphatic rings. The molecule has 1 aromatic carbocycles. The van der Waals surface area contributed by atoms with E-state index in [0.29, 0.717) is 23.4 Å².